The molecule has 0 bridgehead atoms. The van der Waals surface area contributed by atoms with E-state index in [4.69, 9.17) is 5.11 Å². The molecule has 0 saturated heterocycles. The van der Waals surface area contributed by atoms with Gasteiger partial charge >= 0.3 is 0 Å². The van der Waals surface area contributed by atoms with Gasteiger partial charge in [-0.05, 0) is 17.9 Å². The molecular formula is C10H9FOS2. The predicted molar refractivity (Wildman–Crippen MR) is 59.5 cm³/mol. The molecule has 2 aromatic rings. The van der Waals surface area contributed by atoms with E-state index in [1.54, 1.807) is 0 Å². The van der Waals surface area contributed by atoms with E-state index >= 15 is 0 Å². The first-order chi connectivity index (χ1) is 6.77. The molecule has 1 aromatic carbocycles. The molecule has 0 fully saturated rings. The Morgan fingerprint density at radius 2 is 2.29 bits per heavy atom. The lowest BCUT2D eigenvalue weighted by Gasteiger charge is -2.03. The summed E-state index contributed by atoms with van der Waals surface area (Å²) in [6.07, 6.45) is 1.92. The van der Waals surface area contributed by atoms with Crippen molar-refractivity contribution in [1.82, 2.24) is 0 Å². The second kappa shape index (κ2) is 3.88. The number of fused-ring (bicyclic) bond motifs is 1. The Morgan fingerprint density at radius 3 is 2.93 bits per heavy atom. The third-order valence-corrected chi connectivity index (χ3v) is 3.92. The normalized spacial score (nSPS) is 11.1. The Bertz CT molecular complexity index is 464. The highest BCUT2D eigenvalue weighted by Crippen LogP contribution is 2.35. The van der Waals surface area contributed by atoms with Crippen molar-refractivity contribution < 1.29 is 9.50 Å². The molecule has 1 N–H and O–H groups in total. The Labute approximate surface area is 89.6 Å². The van der Waals surface area contributed by atoms with E-state index in [-0.39, 0.29) is 12.4 Å². The molecule has 1 heterocycles. The lowest BCUT2D eigenvalue weighted by molar-refractivity contribution is 0.283. The zero-order valence-electron chi connectivity index (χ0n) is 7.58. The summed E-state index contributed by atoms with van der Waals surface area (Å²) < 4.78 is 14.3. The molecule has 0 aliphatic carbocycles. The molecule has 0 amide bonds. The summed E-state index contributed by atoms with van der Waals surface area (Å²) in [6.45, 7) is -0.0366. The quantitative estimate of drug-likeness (QED) is 0.796. The van der Waals surface area contributed by atoms with Gasteiger partial charge in [0.15, 0.2) is 0 Å². The second-order valence-electron chi connectivity index (χ2n) is 2.87. The summed E-state index contributed by atoms with van der Waals surface area (Å²) >= 11 is 2.87. The SMILES string of the molecule is CSc1ccc(CO)c2scc(F)c12. The van der Waals surface area contributed by atoms with Crippen LogP contribution in [0.5, 0.6) is 0 Å². The average molecular weight is 228 g/mol. The van der Waals surface area contributed by atoms with Crippen LogP contribution in [0.15, 0.2) is 22.4 Å². The summed E-state index contributed by atoms with van der Waals surface area (Å²) in [6, 6.07) is 3.71. The minimum Gasteiger partial charge on any atom is -0.392 e. The molecule has 74 valence electrons. The maximum Gasteiger partial charge on any atom is 0.142 e. The summed E-state index contributed by atoms with van der Waals surface area (Å²) in [5, 5.41) is 11.2. The fourth-order valence-electron chi connectivity index (χ4n) is 1.43. The maximum absolute atomic E-state index is 13.4. The fourth-order valence-corrected chi connectivity index (χ4v) is 3.05. The number of hydrogen-bond acceptors (Lipinski definition) is 3. The van der Waals surface area contributed by atoms with Crippen molar-refractivity contribution in [3.63, 3.8) is 0 Å². The number of hydrogen-bond donors (Lipinski definition) is 1. The highest BCUT2D eigenvalue weighted by molar-refractivity contribution is 7.98. The van der Waals surface area contributed by atoms with Gasteiger partial charge in [-0.15, -0.1) is 23.1 Å². The maximum atomic E-state index is 13.4. The molecule has 4 heteroatoms. The molecule has 0 radical (unpaired) electrons. The summed E-state index contributed by atoms with van der Waals surface area (Å²) in [5.74, 6) is -0.190. The average Bonchev–Trinajstić information content (AvgIpc) is 2.60. The lowest BCUT2D eigenvalue weighted by atomic mass is 10.2. The minimum absolute atomic E-state index is 0.0366. The second-order valence-corrected chi connectivity index (χ2v) is 4.60. The Kier molecular flexibility index (Phi) is 2.76. The van der Waals surface area contributed by atoms with Crippen molar-refractivity contribution in [1.29, 1.82) is 0 Å². The van der Waals surface area contributed by atoms with Crippen LogP contribution in [-0.2, 0) is 6.61 Å². The van der Waals surface area contributed by atoms with Crippen molar-refractivity contribution in [2.45, 2.75) is 11.5 Å². The minimum atomic E-state index is -0.190. The van der Waals surface area contributed by atoms with Gasteiger partial charge in [0, 0.05) is 20.4 Å². The number of halogens is 1. The largest absolute Gasteiger partial charge is 0.392 e. The van der Waals surface area contributed by atoms with Crippen LogP contribution < -0.4 is 0 Å². The van der Waals surface area contributed by atoms with Crippen LogP contribution in [-0.4, -0.2) is 11.4 Å². The number of thioether (sulfide) groups is 1. The summed E-state index contributed by atoms with van der Waals surface area (Å²) in [7, 11) is 0. The summed E-state index contributed by atoms with van der Waals surface area (Å²) in [4.78, 5) is 0.927. The summed E-state index contributed by atoms with van der Waals surface area (Å²) in [5.41, 5.74) is 0.798. The van der Waals surface area contributed by atoms with E-state index in [0.29, 0.717) is 5.39 Å². The van der Waals surface area contributed by atoms with Gasteiger partial charge in [-0.1, -0.05) is 6.07 Å². The van der Waals surface area contributed by atoms with E-state index in [1.807, 2.05) is 18.4 Å². The third kappa shape index (κ3) is 1.43. The number of aliphatic hydroxyl groups is 1. The Morgan fingerprint density at radius 1 is 1.50 bits per heavy atom. The lowest BCUT2D eigenvalue weighted by Crippen LogP contribution is -1.84. The van der Waals surface area contributed by atoms with E-state index in [1.165, 1.54) is 28.5 Å². The van der Waals surface area contributed by atoms with Crippen LogP contribution in [0.25, 0.3) is 10.1 Å². The first-order valence-corrected chi connectivity index (χ1v) is 6.21. The van der Waals surface area contributed by atoms with Crippen LogP contribution in [0.3, 0.4) is 0 Å². The van der Waals surface area contributed by atoms with Crippen molar-refractivity contribution in [3.8, 4) is 0 Å². The fraction of sp³-hybridized carbons (Fsp3) is 0.200. The molecule has 1 aromatic heterocycles. The first kappa shape index (κ1) is 9.96. The number of benzene rings is 1. The van der Waals surface area contributed by atoms with Crippen LogP contribution in [0.1, 0.15) is 5.56 Å². The van der Waals surface area contributed by atoms with Crippen LogP contribution in [0.2, 0.25) is 0 Å². The van der Waals surface area contributed by atoms with Crippen molar-refractivity contribution in [3.05, 3.63) is 28.9 Å². The van der Waals surface area contributed by atoms with Crippen molar-refractivity contribution in [2.24, 2.45) is 0 Å². The van der Waals surface area contributed by atoms with Crippen LogP contribution in [0.4, 0.5) is 4.39 Å². The molecular weight excluding hydrogens is 219 g/mol. The van der Waals surface area contributed by atoms with E-state index < -0.39 is 0 Å². The number of thiophene rings is 1. The van der Waals surface area contributed by atoms with Gasteiger partial charge in [0.1, 0.15) is 5.82 Å². The van der Waals surface area contributed by atoms with Crippen LogP contribution >= 0.6 is 23.1 Å². The van der Waals surface area contributed by atoms with Gasteiger partial charge < -0.3 is 5.11 Å². The molecule has 0 aliphatic rings. The molecule has 0 saturated carbocycles. The Balaban J connectivity index is 2.81. The molecule has 14 heavy (non-hydrogen) atoms. The Hall–Kier alpha value is -0.580. The van der Waals surface area contributed by atoms with Gasteiger partial charge in [-0.2, -0.15) is 0 Å². The molecule has 0 spiro atoms. The topological polar surface area (TPSA) is 20.2 Å². The molecule has 0 atom stereocenters. The molecule has 1 nitrogen and oxygen atoms in total. The highest BCUT2D eigenvalue weighted by atomic mass is 32.2. The van der Waals surface area contributed by atoms with Gasteiger partial charge in [0.2, 0.25) is 0 Å². The van der Waals surface area contributed by atoms with Crippen molar-refractivity contribution >= 4 is 33.2 Å². The smallest absolute Gasteiger partial charge is 0.142 e. The first-order valence-electron chi connectivity index (χ1n) is 4.11. The molecule has 2 rings (SSSR count). The van der Waals surface area contributed by atoms with Gasteiger partial charge in [-0.25, -0.2) is 4.39 Å². The predicted octanol–water partition coefficient (Wildman–Crippen LogP) is 3.25. The third-order valence-electron chi connectivity index (χ3n) is 2.11. The van der Waals surface area contributed by atoms with E-state index in [9.17, 15) is 4.39 Å². The monoisotopic (exact) mass is 228 g/mol. The zero-order chi connectivity index (χ0) is 10.1. The van der Waals surface area contributed by atoms with Gasteiger partial charge in [0.25, 0.3) is 0 Å². The zero-order valence-corrected chi connectivity index (χ0v) is 9.21. The number of rotatable bonds is 2. The van der Waals surface area contributed by atoms with Crippen molar-refractivity contribution in [2.75, 3.05) is 6.26 Å². The van der Waals surface area contributed by atoms with E-state index in [0.717, 1.165) is 15.2 Å². The standard InChI is InChI=1S/C10H9FOS2/c1-13-8-3-2-6(4-12)10-9(8)7(11)5-14-10/h2-3,5,12H,4H2,1H3. The molecule has 0 aliphatic heterocycles. The highest BCUT2D eigenvalue weighted by Gasteiger charge is 2.11. The van der Waals surface area contributed by atoms with E-state index in [2.05, 4.69) is 0 Å². The van der Waals surface area contributed by atoms with Gasteiger partial charge in [0.05, 0.1) is 6.61 Å². The molecule has 0 unspecified atom stereocenters. The van der Waals surface area contributed by atoms with Crippen LogP contribution in [0, 0.1) is 5.82 Å². The number of aliphatic hydroxyl groups excluding tert-OH is 1. The van der Waals surface area contributed by atoms with Gasteiger partial charge in [-0.3, -0.25) is 0 Å².